The van der Waals surface area contributed by atoms with Crippen LogP contribution in [0.5, 0.6) is 0 Å². The molecule has 5 nitrogen and oxygen atoms in total. The smallest absolute Gasteiger partial charge is 0.227 e. The van der Waals surface area contributed by atoms with Gasteiger partial charge in [0.1, 0.15) is 0 Å². The van der Waals surface area contributed by atoms with Gasteiger partial charge in [-0.3, -0.25) is 4.99 Å². The third-order valence-corrected chi connectivity index (χ3v) is 6.69. The SMILES string of the molecule is Fc1cnc(N2CCCC(C3CCCCC3)C2)nc1Nc1ccc2c(c1)C=NC2. The van der Waals surface area contributed by atoms with Gasteiger partial charge < -0.3 is 10.2 Å². The summed E-state index contributed by atoms with van der Waals surface area (Å²) in [5.74, 6) is 1.99. The summed E-state index contributed by atoms with van der Waals surface area (Å²) in [6.07, 6.45) is 12.5. The number of anilines is 3. The number of fused-ring (bicyclic) bond motifs is 1. The average molecular weight is 394 g/mol. The fraction of sp³-hybridized carbons (Fsp3) is 0.522. The fourth-order valence-corrected chi connectivity index (χ4v) is 5.10. The number of hydrogen-bond donors (Lipinski definition) is 1. The van der Waals surface area contributed by atoms with Crippen LogP contribution < -0.4 is 10.2 Å². The quantitative estimate of drug-likeness (QED) is 0.786. The highest BCUT2D eigenvalue weighted by atomic mass is 19.1. The molecule has 0 bridgehead atoms. The molecule has 2 aromatic rings. The van der Waals surface area contributed by atoms with Crippen LogP contribution in [0.25, 0.3) is 0 Å². The number of piperidine rings is 1. The largest absolute Gasteiger partial charge is 0.340 e. The monoisotopic (exact) mass is 393 g/mol. The van der Waals surface area contributed by atoms with Gasteiger partial charge in [-0.05, 0) is 47.9 Å². The predicted octanol–water partition coefficient (Wildman–Crippen LogP) is 5.09. The van der Waals surface area contributed by atoms with Crippen molar-refractivity contribution < 1.29 is 4.39 Å². The highest BCUT2D eigenvalue weighted by Gasteiger charge is 2.29. The van der Waals surface area contributed by atoms with Crippen molar-refractivity contribution >= 4 is 23.7 Å². The van der Waals surface area contributed by atoms with Crippen LogP contribution in [0.4, 0.5) is 21.8 Å². The molecular formula is C23H28FN5. The van der Waals surface area contributed by atoms with Crippen LogP contribution in [0, 0.1) is 17.7 Å². The van der Waals surface area contributed by atoms with Crippen LogP contribution in [0.3, 0.4) is 0 Å². The number of aliphatic imine (C=N–C) groups is 1. The summed E-state index contributed by atoms with van der Waals surface area (Å²) in [6, 6.07) is 5.98. The van der Waals surface area contributed by atoms with Crippen molar-refractivity contribution in [2.45, 2.75) is 51.5 Å². The summed E-state index contributed by atoms with van der Waals surface area (Å²) in [5, 5.41) is 3.14. The van der Waals surface area contributed by atoms with Gasteiger partial charge in [-0.25, -0.2) is 9.37 Å². The zero-order chi connectivity index (χ0) is 19.6. The molecule has 1 atom stereocenters. The van der Waals surface area contributed by atoms with Crippen LogP contribution in [0.1, 0.15) is 56.1 Å². The third kappa shape index (κ3) is 3.98. The summed E-state index contributed by atoms with van der Waals surface area (Å²) < 4.78 is 14.4. The first-order chi connectivity index (χ1) is 14.3. The maximum absolute atomic E-state index is 14.4. The number of nitrogens with one attached hydrogen (secondary N) is 1. The van der Waals surface area contributed by atoms with Crippen molar-refractivity contribution in [3.05, 3.63) is 41.3 Å². The minimum absolute atomic E-state index is 0.240. The molecule has 1 aromatic carbocycles. The second-order valence-corrected chi connectivity index (χ2v) is 8.62. The van der Waals surface area contributed by atoms with E-state index in [1.807, 2.05) is 24.4 Å². The molecule has 5 rings (SSSR count). The van der Waals surface area contributed by atoms with E-state index in [-0.39, 0.29) is 5.82 Å². The van der Waals surface area contributed by atoms with Crippen molar-refractivity contribution in [1.29, 1.82) is 0 Å². The fourth-order valence-electron chi connectivity index (χ4n) is 5.10. The van der Waals surface area contributed by atoms with Gasteiger partial charge in [0.05, 0.1) is 12.7 Å². The Morgan fingerprint density at radius 3 is 2.79 bits per heavy atom. The molecule has 1 saturated carbocycles. The Balaban J connectivity index is 1.33. The molecular weight excluding hydrogens is 365 g/mol. The molecule has 1 aliphatic carbocycles. The molecule has 1 N–H and O–H groups in total. The molecule has 29 heavy (non-hydrogen) atoms. The number of benzene rings is 1. The Morgan fingerprint density at radius 2 is 1.90 bits per heavy atom. The number of halogens is 1. The van der Waals surface area contributed by atoms with E-state index < -0.39 is 5.82 Å². The van der Waals surface area contributed by atoms with Gasteiger partial charge in [0.15, 0.2) is 11.6 Å². The van der Waals surface area contributed by atoms with Crippen molar-refractivity contribution in [3.8, 4) is 0 Å². The van der Waals surface area contributed by atoms with Gasteiger partial charge >= 0.3 is 0 Å². The van der Waals surface area contributed by atoms with Crippen LogP contribution in [0.2, 0.25) is 0 Å². The molecule has 0 amide bonds. The zero-order valence-electron chi connectivity index (χ0n) is 16.8. The highest BCUT2D eigenvalue weighted by molar-refractivity contribution is 5.86. The first kappa shape index (κ1) is 18.5. The lowest BCUT2D eigenvalue weighted by atomic mass is 9.76. The van der Waals surface area contributed by atoms with Crippen LogP contribution in [-0.2, 0) is 6.54 Å². The summed E-state index contributed by atoms with van der Waals surface area (Å²) in [6.45, 7) is 2.66. The normalized spacial score (nSPS) is 22.0. The molecule has 6 heteroatoms. The van der Waals surface area contributed by atoms with Gasteiger partial charge in [0, 0.05) is 25.0 Å². The maximum atomic E-state index is 14.4. The lowest BCUT2D eigenvalue weighted by molar-refractivity contribution is 0.220. The van der Waals surface area contributed by atoms with Crippen LogP contribution in [-0.4, -0.2) is 29.3 Å². The first-order valence-corrected chi connectivity index (χ1v) is 10.9. The minimum atomic E-state index is -0.427. The number of hydrogen-bond acceptors (Lipinski definition) is 5. The van der Waals surface area contributed by atoms with E-state index in [0.717, 1.165) is 43.2 Å². The van der Waals surface area contributed by atoms with E-state index in [1.54, 1.807) is 0 Å². The predicted molar refractivity (Wildman–Crippen MR) is 115 cm³/mol. The third-order valence-electron chi connectivity index (χ3n) is 6.69. The lowest BCUT2D eigenvalue weighted by Crippen LogP contribution is -2.40. The van der Waals surface area contributed by atoms with E-state index in [0.29, 0.717) is 11.9 Å². The summed E-state index contributed by atoms with van der Waals surface area (Å²) in [5.41, 5.74) is 3.09. The van der Waals surface area contributed by atoms with Crippen molar-refractivity contribution in [3.63, 3.8) is 0 Å². The van der Waals surface area contributed by atoms with Gasteiger partial charge in [0.2, 0.25) is 5.95 Å². The second-order valence-electron chi connectivity index (χ2n) is 8.62. The molecule has 1 saturated heterocycles. The van der Waals surface area contributed by atoms with Crippen molar-refractivity contribution in [2.75, 3.05) is 23.3 Å². The van der Waals surface area contributed by atoms with E-state index in [9.17, 15) is 4.39 Å². The van der Waals surface area contributed by atoms with Gasteiger partial charge in [0.25, 0.3) is 0 Å². The number of nitrogens with zero attached hydrogens (tertiary/aromatic N) is 4. The van der Waals surface area contributed by atoms with Gasteiger partial charge in [-0.1, -0.05) is 38.2 Å². The molecule has 0 radical (unpaired) electrons. The summed E-state index contributed by atoms with van der Waals surface area (Å²) in [7, 11) is 0. The maximum Gasteiger partial charge on any atom is 0.227 e. The molecule has 2 aliphatic heterocycles. The molecule has 1 unspecified atom stereocenters. The Kier molecular flexibility index (Phi) is 5.17. The molecule has 1 aromatic heterocycles. The summed E-state index contributed by atoms with van der Waals surface area (Å²) >= 11 is 0. The van der Waals surface area contributed by atoms with Gasteiger partial charge in [-0.2, -0.15) is 4.98 Å². The van der Waals surface area contributed by atoms with Crippen molar-refractivity contribution in [2.24, 2.45) is 16.8 Å². The Bertz CT molecular complexity index is 906. The van der Waals surface area contributed by atoms with Gasteiger partial charge in [-0.15, -0.1) is 0 Å². The zero-order valence-corrected chi connectivity index (χ0v) is 16.8. The topological polar surface area (TPSA) is 53.4 Å². The highest BCUT2D eigenvalue weighted by Crippen LogP contribution is 2.35. The van der Waals surface area contributed by atoms with Crippen LogP contribution in [0.15, 0.2) is 29.4 Å². The molecule has 152 valence electrons. The van der Waals surface area contributed by atoms with E-state index in [4.69, 9.17) is 0 Å². The first-order valence-electron chi connectivity index (χ1n) is 10.9. The minimum Gasteiger partial charge on any atom is -0.340 e. The molecule has 3 aliphatic rings. The lowest BCUT2D eigenvalue weighted by Gasteiger charge is -2.38. The Hall–Kier alpha value is -2.50. The van der Waals surface area contributed by atoms with E-state index in [2.05, 4.69) is 25.2 Å². The molecule has 3 heterocycles. The number of aromatic nitrogens is 2. The Labute approximate surface area is 171 Å². The standard InChI is InChI=1S/C23H28FN5/c24-21-14-26-23(29-10-4-7-18(15-29)16-5-2-1-3-6-16)28-22(21)27-20-9-8-17-12-25-13-19(17)11-20/h8-9,11,13-14,16,18H,1-7,10,12,15H2,(H,26,27,28). The molecule has 2 fully saturated rings. The van der Waals surface area contributed by atoms with Crippen molar-refractivity contribution in [1.82, 2.24) is 9.97 Å². The Morgan fingerprint density at radius 1 is 1.03 bits per heavy atom. The number of rotatable bonds is 4. The average Bonchev–Trinajstić information content (AvgIpc) is 3.24. The molecule has 0 spiro atoms. The van der Waals surface area contributed by atoms with E-state index >= 15 is 0 Å². The van der Waals surface area contributed by atoms with Crippen LogP contribution >= 0.6 is 0 Å². The van der Waals surface area contributed by atoms with E-state index in [1.165, 1.54) is 50.3 Å². The summed E-state index contributed by atoms with van der Waals surface area (Å²) in [4.78, 5) is 15.4. The second kappa shape index (κ2) is 8.09.